The highest BCUT2D eigenvalue weighted by Gasteiger charge is 2.15. The van der Waals surface area contributed by atoms with Gasteiger partial charge in [0.25, 0.3) is 10.0 Å². The summed E-state index contributed by atoms with van der Waals surface area (Å²) < 4.78 is 26.9. The lowest BCUT2D eigenvalue weighted by Gasteiger charge is -2.11. The molecule has 0 fully saturated rings. The Morgan fingerprint density at radius 3 is 2.53 bits per heavy atom. The van der Waals surface area contributed by atoms with Gasteiger partial charge in [0.2, 0.25) is 0 Å². The fraction of sp³-hybridized carbons (Fsp3) is 0.0769. The number of anilines is 2. The average Bonchev–Trinajstić information content (AvgIpc) is 2.33. The minimum absolute atomic E-state index is 0.127. The first kappa shape index (κ1) is 13.7. The summed E-state index contributed by atoms with van der Waals surface area (Å²) in [5.41, 5.74) is 7.23. The molecule has 19 heavy (non-hydrogen) atoms. The molecule has 0 unspecified atom stereocenters. The third kappa shape index (κ3) is 3.19. The Bertz CT molecular complexity index is 714. The summed E-state index contributed by atoms with van der Waals surface area (Å²) in [7, 11) is -3.64. The normalized spacial score (nSPS) is 11.3. The molecule has 2 aromatic rings. The molecule has 0 saturated carbocycles. The van der Waals surface area contributed by atoms with Crippen LogP contribution in [0.2, 0.25) is 5.02 Å². The van der Waals surface area contributed by atoms with Crippen LogP contribution in [-0.4, -0.2) is 8.42 Å². The van der Waals surface area contributed by atoms with Crippen LogP contribution in [0.1, 0.15) is 5.56 Å². The van der Waals surface area contributed by atoms with E-state index in [1.165, 1.54) is 12.1 Å². The summed E-state index contributed by atoms with van der Waals surface area (Å²) in [4.78, 5) is 0.127. The lowest BCUT2D eigenvalue weighted by Crippen LogP contribution is -2.13. The van der Waals surface area contributed by atoms with E-state index in [-0.39, 0.29) is 4.90 Å². The average molecular weight is 297 g/mol. The molecule has 0 saturated heterocycles. The summed E-state index contributed by atoms with van der Waals surface area (Å²) in [6, 6.07) is 11.1. The summed E-state index contributed by atoms with van der Waals surface area (Å²) in [6.45, 7) is 1.78. The highest BCUT2D eigenvalue weighted by molar-refractivity contribution is 7.92. The first-order valence-corrected chi connectivity index (χ1v) is 7.39. The van der Waals surface area contributed by atoms with Crippen molar-refractivity contribution in [1.82, 2.24) is 0 Å². The third-order valence-electron chi connectivity index (χ3n) is 2.60. The number of benzene rings is 2. The highest BCUT2D eigenvalue weighted by Crippen LogP contribution is 2.23. The number of nitrogen functional groups attached to an aromatic ring is 1. The molecule has 0 aromatic heterocycles. The van der Waals surface area contributed by atoms with Gasteiger partial charge >= 0.3 is 0 Å². The van der Waals surface area contributed by atoms with Gasteiger partial charge in [0.05, 0.1) is 10.6 Å². The predicted molar refractivity (Wildman–Crippen MR) is 77.9 cm³/mol. The van der Waals surface area contributed by atoms with Crippen LogP contribution in [0, 0.1) is 6.92 Å². The second-order valence-electron chi connectivity index (χ2n) is 4.14. The van der Waals surface area contributed by atoms with Crippen LogP contribution in [0.3, 0.4) is 0 Å². The van der Waals surface area contributed by atoms with Gasteiger partial charge < -0.3 is 5.73 Å². The Balaban J connectivity index is 2.36. The van der Waals surface area contributed by atoms with Crippen molar-refractivity contribution in [1.29, 1.82) is 0 Å². The largest absolute Gasteiger partial charge is 0.399 e. The van der Waals surface area contributed by atoms with Crippen molar-refractivity contribution in [3.8, 4) is 0 Å². The molecule has 0 heterocycles. The third-order valence-corrected chi connectivity index (χ3v) is 4.20. The van der Waals surface area contributed by atoms with E-state index in [2.05, 4.69) is 4.72 Å². The molecule has 4 nitrogen and oxygen atoms in total. The molecule has 0 bridgehead atoms. The molecule has 6 heteroatoms. The summed E-state index contributed by atoms with van der Waals surface area (Å²) in [6.07, 6.45) is 0. The van der Waals surface area contributed by atoms with Crippen LogP contribution in [0.25, 0.3) is 0 Å². The summed E-state index contributed by atoms with van der Waals surface area (Å²) in [5.74, 6) is 0. The summed E-state index contributed by atoms with van der Waals surface area (Å²) in [5, 5.41) is 0.560. The zero-order chi connectivity index (χ0) is 14.0. The first-order valence-electron chi connectivity index (χ1n) is 5.53. The number of rotatable bonds is 3. The quantitative estimate of drug-likeness (QED) is 0.855. The molecule has 0 radical (unpaired) electrons. The molecule has 0 aliphatic rings. The topological polar surface area (TPSA) is 72.2 Å². The van der Waals surface area contributed by atoms with E-state index in [1.54, 1.807) is 37.3 Å². The zero-order valence-corrected chi connectivity index (χ0v) is 11.8. The fourth-order valence-corrected chi connectivity index (χ4v) is 3.04. The van der Waals surface area contributed by atoms with E-state index in [1.807, 2.05) is 0 Å². The number of aryl methyl sites for hydroxylation is 1. The van der Waals surface area contributed by atoms with Crippen molar-refractivity contribution < 1.29 is 8.42 Å². The van der Waals surface area contributed by atoms with Gasteiger partial charge in [-0.05, 0) is 48.9 Å². The first-order chi connectivity index (χ1) is 8.88. The van der Waals surface area contributed by atoms with E-state index in [4.69, 9.17) is 17.3 Å². The Morgan fingerprint density at radius 1 is 1.16 bits per heavy atom. The van der Waals surface area contributed by atoms with Crippen molar-refractivity contribution in [3.63, 3.8) is 0 Å². The standard InChI is InChI=1S/C13H13ClN2O2S/c1-9-7-10(14)5-6-13(9)16-19(17,18)12-4-2-3-11(15)8-12/h2-8,16H,15H2,1H3. The van der Waals surface area contributed by atoms with Crippen molar-refractivity contribution in [3.05, 3.63) is 53.1 Å². The van der Waals surface area contributed by atoms with Gasteiger partial charge in [0.1, 0.15) is 0 Å². The molecule has 2 rings (SSSR count). The molecule has 100 valence electrons. The predicted octanol–water partition coefficient (Wildman–Crippen LogP) is 3.03. The Hall–Kier alpha value is -1.72. The van der Waals surface area contributed by atoms with Gasteiger partial charge in [0, 0.05) is 10.7 Å². The Kier molecular flexibility index (Phi) is 3.68. The molecular weight excluding hydrogens is 284 g/mol. The second kappa shape index (κ2) is 5.11. The minimum Gasteiger partial charge on any atom is -0.399 e. The smallest absolute Gasteiger partial charge is 0.261 e. The molecule has 0 aliphatic carbocycles. The number of sulfonamides is 1. The number of hydrogen-bond donors (Lipinski definition) is 2. The maximum Gasteiger partial charge on any atom is 0.261 e. The SMILES string of the molecule is Cc1cc(Cl)ccc1NS(=O)(=O)c1cccc(N)c1. The lowest BCUT2D eigenvalue weighted by molar-refractivity contribution is 0.601. The summed E-state index contributed by atoms with van der Waals surface area (Å²) >= 11 is 5.83. The van der Waals surface area contributed by atoms with Crippen LogP contribution in [0.5, 0.6) is 0 Å². The fourth-order valence-electron chi connectivity index (χ4n) is 1.63. The maximum atomic E-state index is 12.2. The van der Waals surface area contributed by atoms with Gasteiger partial charge in [-0.25, -0.2) is 8.42 Å². The van der Waals surface area contributed by atoms with Crippen LogP contribution in [-0.2, 0) is 10.0 Å². The van der Waals surface area contributed by atoms with Crippen LogP contribution >= 0.6 is 11.6 Å². The van der Waals surface area contributed by atoms with Crippen LogP contribution in [0.15, 0.2) is 47.4 Å². The van der Waals surface area contributed by atoms with Gasteiger partial charge in [-0.15, -0.1) is 0 Å². The Morgan fingerprint density at radius 2 is 1.89 bits per heavy atom. The van der Waals surface area contributed by atoms with E-state index < -0.39 is 10.0 Å². The zero-order valence-electron chi connectivity index (χ0n) is 10.2. The minimum atomic E-state index is -3.64. The molecular formula is C13H13ClN2O2S. The van der Waals surface area contributed by atoms with Gasteiger partial charge in [-0.3, -0.25) is 4.72 Å². The number of hydrogen-bond acceptors (Lipinski definition) is 3. The molecule has 0 spiro atoms. The monoisotopic (exact) mass is 296 g/mol. The molecule has 0 aliphatic heterocycles. The number of nitrogens with one attached hydrogen (secondary N) is 1. The van der Waals surface area contributed by atoms with Gasteiger partial charge in [-0.1, -0.05) is 17.7 Å². The van der Waals surface area contributed by atoms with E-state index >= 15 is 0 Å². The van der Waals surface area contributed by atoms with Crippen molar-refractivity contribution in [2.45, 2.75) is 11.8 Å². The molecule has 0 atom stereocenters. The van der Waals surface area contributed by atoms with Crippen LogP contribution < -0.4 is 10.5 Å². The molecule has 0 amide bonds. The van der Waals surface area contributed by atoms with Crippen molar-refractivity contribution in [2.75, 3.05) is 10.5 Å². The molecule has 3 N–H and O–H groups in total. The highest BCUT2D eigenvalue weighted by atomic mass is 35.5. The van der Waals surface area contributed by atoms with E-state index in [9.17, 15) is 8.42 Å². The van der Waals surface area contributed by atoms with E-state index in [0.29, 0.717) is 16.4 Å². The maximum absolute atomic E-state index is 12.2. The van der Waals surface area contributed by atoms with Crippen molar-refractivity contribution >= 4 is 33.0 Å². The van der Waals surface area contributed by atoms with Gasteiger partial charge in [0.15, 0.2) is 0 Å². The second-order valence-corrected chi connectivity index (χ2v) is 6.26. The van der Waals surface area contributed by atoms with E-state index in [0.717, 1.165) is 5.56 Å². The Labute approximate surface area is 117 Å². The van der Waals surface area contributed by atoms with Gasteiger partial charge in [-0.2, -0.15) is 0 Å². The number of nitrogens with two attached hydrogens (primary N) is 1. The lowest BCUT2D eigenvalue weighted by atomic mass is 10.2. The number of halogens is 1. The van der Waals surface area contributed by atoms with Crippen LogP contribution in [0.4, 0.5) is 11.4 Å². The molecule has 2 aromatic carbocycles. The van der Waals surface area contributed by atoms with Crippen molar-refractivity contribution in [2.24, 2.45) is 0 Å².